The Kier molecular flexibility index (Phi) is 12.4. The third-order valence-corrected chi connectivity index (χ3v) is 5.41. The topological polar surface area (TPSA) is 108 Å². The van der Waals surface area contributed by atoms with Gasteiger partial charge in [-0.2, -0.15) is 0 Å². The lowest BCUT2D eigenvalue weighted by atomic mass is 10.3. The maximum atomic E-state index is 11.7. The van der Waals surface area contributed by atoms with Crippen molar-refractivity contribution in [2.24, 2.45) is 0 Å². The molecule has 0 N–H and O–H groups in total. The first-order chi connectivity index (χ1) is 20.4. The predicted molar refractivity (Wildman–Crippen MR) is 154 cm³/mol. The Balaban J connectivity index is 0.000000230. The number of carbonyl (C=O) groups is 2. The molecule has 220 valence electrons. The molecule has 0 spiro atoms. The monoisotopic (exact) mass is 576 g/mol. The van der Waals surface area contributed by atoms with E-state index in [2.05, 4.69) is 0 Å². The van der Waals surface area contributed by atoms with Crippen LogP contribution in [0.5, 0.6) is 46.0 Å². The zero-order valence-electron chi connectivity index (χ0n) is 23.7. The van der Waals surface area contributed by atoms with Gasteiger partial charge < -0.3 is 37.9 Å². The van der Waals surface area contributed by atoms with Crippen LogP contribution in [-0.2, 0) is 9.59 Å². The van der Waals surface area contributed by atoms with E-state index in [-0.39, 0.29) is 13.2 Å². The average molecular weight is 577 g/mol. The Hall–Kier alpha value is -5.38. The summed E-state index contributed by atoms with van der Waals surface area (Å²) in [6.45, 7) is -0.404. The fourth-order valence-electron chi connectivity index (χ4n) is 3.36. The number of carbonyl (C=O) groups excluding carboxylic acids is 2. The third-order valence-electron chi connectivity index (χ3n) is 5.41. The molecule has 0 saturated heterocycles. The molecule has 0 aromatic heterocycles. The van der Waals surface area contributed by atoms with Crippen LogP contribution in [0.3, 0.4) is 0 Å². The predicted octanol–water partition coefficient (Wildman–Crippen LogP) is 5.38. The minimum Gasteiger partial charge on any atom is -0.497 e. The summed E-state index contributed by atoms with van der Waals surface area (Å²) in [5, 5.41) is 0. The van der Waals surface area contributed by atoms with Gasteiger partial charge in [0, 0.05) is 0 Å². The first kappa shape index (κ1) is 31.2. The molecule has 0 saturated carbocycles. The lowest BCUT2D eigenvalue weighted by Gasteiger charge is -2.10. The highest BCUT2D eigenvalue weighted by atomic mass is 16.6. The maximum absolute atomic E-state index is 11.7. The van der Waals surface area contributed by atoms with Crippen LogP contribution < -0.4 is 37.9 Å². The highest BCUT2D eigenvalue weighted by molar-refractivity contribution is 5.74. The molecule has 0 amide bonds. The van der Waals surface area contributed by atoms with Gasteiger partial charge in [0.1, 0.15) is 23.0 Å². The maximum Gasteiger partial charge on any atom is 0.349 e. The molecule has 42 heavy (non-hydrogen) atoms. The fraction of sp³-hybridized carbons (Fsp3) is 0.188. The molecule has 0 heterocycles. The van der Waals surface area contributed by atoms with E-state index in [0.29, 0.717) is 46.0 Å². The summed E-state index contributed by atoms with van der Waals surface area (Å²) in [6.07, 6.45) is 0. The van der Waals surface area contributed by atoms with Crippen molar-refractivity contribution in [1.29, 1.82) is 0 Å². The van der Waals surface area contributed by atoms with E-state index in [1.54, 1.807) is 99.1 Å². The fourth-order valence-corrected chi connectivity index (χ4v) is 3.36. The minimum absolute atomic E-state index is 0.202. The number of ether oxygens (including phenoxy) is 8. The van der Waals surface area contributed by atoms with Gasteiger partial charge in [-0.05, 0) is 72.8 Å². The number of methoxy groups -OCH3 is 4. The van der Waals surface area contributed by atoms with E-state index in [0.717, 1.165) is 0 Å². The third kappa shape index (κ3) is 9.98. The van der Waals surface area contributed by atoms with Crippen LogP contribution in [0.4, 0.5) is 0 Å². The van der Waals surface area contributed by atoms with E-state index in [1.165, 1.54) is 14.2 Å². The molecule has 0 aliphatic heterocycles. The highest BCUT2D eigenvalue weighted by Crippen LogP contribution is 2.27. The summed E-state index contributed by atoms with van der Waals surface area (Å²) in [4.78, 5) is 23.4. The lowest BCUT2D eigenvalue weighted by molar-refractivity contribution is -0.137. The van der Waals surface area contributed by atoms with Crippen molar-refractivity contribution in [3.05, 3.63) is 97.1 Å². The molecule has 4 aromatic carbocycles. The highest BCUT2D eigenvalue weighted by Gasteiger charge is 2.10. The molecule has 4 aromatic rings. The second-order valence-corrected chi connectivity index (χ2v) is 8.18. The molecule has 0 fully saturated rings. The number of benzene rings is 4. The standard InChI is InChI=1S/2C16H16O5/c2*1-18-12-7-9-13(10-8-12)21-16(17)11-20-15-6-4-3-5-14(15)19-2/h2*3-10H,11H2,1-2H3. The van der Waals surface area contributed by atoms with E-state index in [4.69, 9.17) is 37.9 Å². The quantitative estimate of drug-likeness (QED) is 0.161. The van der Waals surface area contributed by atoms with Gasteiger partial charge in [-0.15, -0.1) is 0 Å². The Bertz CT molecular complexity index is 1290. The van der Waals surface area contributed by atoms with Crippen LogP contribution in [0.25, 0.3) is 0 Å². The van der Waals surface area contributed by atoms with Crippen LogP contribution in [-0.4, -0.2) is 53.6 Å². The van der Waals surface area contributed by atoms with Crippen molar-refractivity contribution in [3.8, 4) is 46.0 Å². The Morgan fingerprint density at radius 3 is 1.05 bits per heavy atom. The first-order valence-corrected chi connectivity index (χ1v) is 12.7. The van der Waals surface area contributed by atoms with Crippen LogP contribution in [0, 0.1) is 0 Å². The Morgan fingerprint density at radius 1 is 0.429 bits per heavy atom. The van der Waals surface area contributed by atoms with Crippen LogP contribution in [0.2, 0.25) is 0 Å². The van der Waals surface area contributed by atoms with Gasteiger partial charge in [-0.1, -0.05) is 24.3 Å². The Morgan fingerprint density at radius 2 is 0.738 bits per heavy atom. The molecule has 0 bridgehead atoms. The minimum atomic E-state index is -0.494. The number of hydrogen-bond acceptors (Lipinski definition) is 10. The van der Waals surface area contributed by atoms with Crippen LogP contribution in [0.1, 0.15) is 0 Å². The van der Waals surface area contributed by atoms with Gasteiger partial charge in [0.05, 0.1) is 28.4 Å². The largest absolute Gasteiger partial charge is 0.497 e. The lowest BCUT2D eigenvalue weighted by Crippen LogP contribution is -2.17. The average Bonchev–Trinajstić information content (AvgIpc) is 3.04. The molecular formula is C32H32O10. The van der Waals surface area contributed by atoms with Crippen molar-refractivity contribution < 1.29 is 47.5 Å². The number of esters is 2. The van der Waals surface area contributed by atoms with Gasteiger partial charge in [-0.25, -0.2) is 9.59 Å². The molecule has 10 heteroatoms. The number of para-hydroxylation sites is 4. The van der Waals surface area contributed by atoms with Crippen LogP contribution >= 0.6 is 0 Å². The summed E-state index contributed by atoms with van der Waals surface area (Å²) in [5.41, 5.74) is 0. The second-order valence-electron chi connectivity index (χ2n) is 8.18. The molecule has 0 atom stereocenters. The van der Waals surface area contributed by atoms with Gasteiger partial charge in [0.2, 0.25) is 0 Å². The summed E-state index contributed by atoms with van der Waals surface area (Å²) in [5.74, 6) is 3.38. The van der Waals surface area contributed by atoms with Gasteiger partial charge >= 0.3 is 11.9 Å². The van der Waals surface area contributed by atoms with Crippen molar-refractivity contribution in [2.45, 2.75) is 0 Å². The number of rotatable bonds is 12. The summed E-state index contributed by atoms with van der Waals surface area (Å²) in [6, 6.07) is 27.6. The molecule has 0 unspecified atom stereocenters. The van der Waals surface area contributed by atoms with Crippen molar-refractivity contribution >= 4 is 11.9 Å². The van der Waals surface area contributed by atoms with E-state index >= 15 is 0 Å². The molecule has 0 radical (unpaired) electrons. The van der Waals surface area contributed by atoms with Gasteiger partial charge in [0.15, 0.2) is 36.2 Å². The molecule has 0 aliphatic carbocycles. The van der Waals surface area contributed by atoms with Gasteiger partial charge in [0.25, 0.3) is 0 Å². The summed E-state index contributed by atoms with van der Waals surface area (Å²) in [7, 11) is 6.22. The zero-order valence-corrected chi connectivity index (χ0v) is 23.7. The molecule has 0 aliphatic rings. The van der Waals surface area contributed by atoms with E-state index in [1.807, 2.05) is 12.1 Å². The SMILES string of the molecule is COc1ccc(OC(=O)COc2ccccc2OC)cc1.COc1ccc(OC(=O)COc2ccccc2OC)cc1. The first-order valence-electron chi connectivity index (χ1n) is 12.7. The van der Waals surface area contributed by atoms with Gasteiger partial charge in [-0.3, -0.25) is 0 Å². The summed E-state index contributed by atoms with van der Waals surface area (Å²) >= 11 is 0. The molecule has 10 nitrogen and oxygen atoms in total. The molecule has 4 rings (SSSR count). The smallest absolute Gasteiger partial charge is 0.349 e. The van der Waals surface area contributed by atoms with Crippen molar-refractivity contribution in [1.82, 2.24) is 0 Å². The second kappa shape index (κ2) is 16.7. The van der Waals surface area contributed by atoms with Crippen LogP contribution in [0.15, 0.2) is 97.1 Å². The summed E-state index contributed by atoms with van der Waals surface area (Å²) < 4.78 is 41.4. The molecular weight excluding hydrogens is 544 g/mol. The van der Waals surface area contributed by atoms with Crippen molar-refractivity contribution in [2.75, 3.05) is 41.7 Å². The normalized spacial score (nSPS) is 9.81. The zero-order chi connectivity index (χ0) is 30.2. The van der Waals surface area contributed by atoms with Crippen molar-refractivity contribution in [3.63, 3.8) is 0 Å². The number of hydrogen-bond donors (Lipinski definition) is 0. The van der Waals surface area contributed by atoms with E-state index in [9.17, 15) is 9.59 Å². The Labute approximate surface area is 244 Å². The van der Waals surface area contributed by atoms with E-state index < -0.39 is 11.9 Å².